The lowest BCUT2D eigenvalue weighted by Crippen LogP contribution is -2.33. The maximum absolute atomic E-state index is 11.4. The molecule has 0 aliphatic carbocycles. The Kier molecular flexibility index (Phi) is 4.52. The Morgan fingerprint density at radius 3 is 1.94 bits per heavy atom. The molecule has 3 N–H and O–H groups in total. The number of hydrogen-bond acceptors (Lipinski definition) is 2. The summed E-state index contributed by atoms with van der Waals surface area (Å²) in [7, 11) is 0. The van der Waals surface area contributed by atoms with E-state index >= 15 is 0 Å². The molecule has 2 unspecified atom stereocenters. The number of aryl methyl sites for hydroxylation is 3. The van der Waals surface area contributed by atoms with Crippen molar-refractivity contribution in [2.24, 2.45) is 17.6 Å². The van der Waals surface area contributed by atoms with Crippen molar-refractivity contribution in [3.8, 4) is 0 Å². The summed E-state index contributed by atoms with van der Waals surface area (Å²) in [5, 5.41) is 9.33. The zero-order valence-corrected chi connectivity index (χ0v) is 11.8. The van der Waals surface area contributed by atoms with E-state index in [0.29, 0.717) is 0 Å². The number of benzene rings is 1. The molecule has 1 aromatic rings. The average molecular weight is 249 g/mol. The molecule has 0 saturated heterocycles. The van der Waals surface area contributed by atoms with Crippen LogP contribution in [-0.4, -0.2) is 11.1 Å². The molecule has 3 nitrogen and oxygen atoms in total. The van der Waals surface area contributed by atoms with Gasteiger partial charge in [-0.3, -0.25) is 4.79 Å². The fourth-order valence-electron chi connectivity index (χ4n) is 2.75. The third-order valence-electron chi connectivity index (χ3n) is 3.46. The summed E-state index contributed by atoms with van der Waals surface area (Å²) < 4.78 is 0. The second-order valence-corrected chi connectivity index (χ2v) is 5.45. The summed E-state index contributed by atoms with van der Waals surface area (Å²) in [6.07, 6.45) is 0. The topological polar surface area (TPSA) is 63.3 Å². The van der Waals surface area contributed by atoms with E-state index in [4.69, 9.17) is 5.73 Å². The molecule has 2 atom stereocenters. The molecule has 1 aromatic carbocycles. The van der Waals surface area contributed by atoms with Crippen molar-refractivity contribution >= 4 is 5.97 Å². The second-order valence-electron chi connectivity index (χ2n) is 5.45. The van der Waals surface area contributed by atoms with Crippen LogP contribution in [0.25, 0.3) is 0 Å². The van der Waals surface area contributed by atoms with Crippen molar-refractivity contribution in [3.05, 3.63) is 34.4 Å². The fraction of sp³-hybridized carbons (Fsp3) is 0.533. The summed E-state index contributed by atoms with van der Waals surface area (Å²) in [5.41, 5.74) is 10.5. The van der Waals surface area contributed by atoms with E-state index in [2.05, 4.69) is 12.1 Å². The van der Waals surface area contributed by atoms with E-state index in [9.17, 15) is 9.90 Å². The SMILES string of the molecule is Cc1cc(C)c(C(N)C(C(=O)O)C(C)C)c(C)c1. The Labute approximate surface area is 109 Å². The third kappa shape index (κ3) is 2.91. The zero-order chi connectivity index (χ0) is 14.0. The van der Waals surface area contributed by atoms with Gasteiger partial charge in [0.25, 0.3) is 0 Å². The van der Waals surface area contributed by atoms with Crippen molar-refractivity contribution < 1.29 is 9.90 Å². The molecule has 0 aromatic heterocycles. The number of hydrogen-bond donors (Lipinski definition) is 2. The van der Waals surface area contributed by atoms with Crippen molar-refractivity contribution in [1.82, 2.24) is 0 Å². The van der Waals surface area contributed by atoms with Gasteiger partial charge in [0.15, 0.2) is 0 Å². The summed E-state index contributed by atoms with van der Waals surface area (Å²) in [6.45, 7) is 9.82. The Morgan fingerprint density at radius 1 is 1.17 bits per heavy atom. The molecule has 0 aliphatic rings. The average Bonchev–Trinajstić information content (AvgIpc) is 2.13. The highest BCUT2D eigenvalue weighted by Crippen LogP contribution is 2.31. The Morgan fingerprint density at radius 2 is 1.61 bits per heavy atom. The quantitative estimate of drug-likeness (QED) is 0.862. The zero-order valence-electron chi connectivity index (χ0n) is 11.8. The molecule has 18 heavy (non-hydrogen) atoms. The van der Waals surface area contributed by atoms with Gasteiger partial charge in [-0.1, -0.05) is 31.5 Å². The van der Waals surface area contributed by atoms with Gasteiger partial charge in [-0.25, -0.2) is 0 Å². The van der Waals surface area contributed by atoms with Gasteiger partial charge >= 0.3 is 5.97 Å². The Hall–Kier alpha value is -1.35. The van der Waals surface area contributed by atoms with Crippen LogP contribution in [0.5, 0.6) is 0 Å². The second kappa shape index (κ2) is 5.53. The largest absolute Gasteiger partial charge is 0.481 e. The highest BCUT2D eigenvalue weighted by Gasteiger charge is 2.31. The number of carboxylic acids is 1. The molecule has 100 valence electrons. The predicted octanol–water partition coefficient (Wildman–Crippen LogP) is 2.97. The maximum Gasteiger partial charge on any atom is 0.308 e. The number of rotatable bonds is 4. The fourth-order valence-corrected chi connectivity index (χ4v) is 2.75. The normalized spacial score (nSPS) is 14.6. The highest BCUT2D eigenvalue weighted by molar-refractivity contribution is 5.72. The molecule has 0 radical (unpaired) electrons. The molecule has 0 saturated carbocycles. The van der Waals surface area contributed by atoms with E-state index < -0.39 is 17.9 Å². The van der Waals surface area contributed by atoms with Crippen LogP contribution in [0.2, 0.25) is 0 Å². The van der Waals surface area contributed by atoms with Crippen molar-refractivity contribution in [3.63, 3.8) is 0 Å². The first-order valence-electron chi connectivity index (χ1n) is 6.31. The molecular weight excluding hydrogens is 226 g/mol. The van der Waals surface area contributed by atoms with Crippen molar-refractivity contribution in [2.75, 3.05) is 0 Å². The Balaban J connectivity index is 3.25. The first-order chi connectivity index (χ1) is 8.25. The molecule has 0 spiro atoms. The summed E-state index contributed by atoms with van der Waals surface area (Å²) in [4.78, 5) is 11.4. The maximum atomic E-state index is 11.4. The van der Waals surface area contributed by atoms with Gasteiger partial charge in [0.1, 0.15) is 0 Å². The molecular formula is C15H23NO2. The minimum atomic E-state index is -0.822. The van der Waals surface area contributed by atoms with Crippen LogP contribution in [0.1, 0.15) is 42.1 Å². The van der Waals surface area contributed by atoms with Crippen molar-refractivity contribution in [2.45, 2.75) is 40.7 Å². The van der Waals surface area contributed by atoms with Crippen molar-refractivity contribution in [1.29, 1.82) is 0 Å². The first kappa shape index (κ1) is 14.7. The summed E-state index contributed by atoms with van der Waals surface area (Å²) in [5.74, 6) is -1.36. The molecule has 0 amide bonds. The van der Waals surface area contributed by atoms with Gasteiger partial charge in [-0.15, -0.1) is 0 Å². The number of carbonyl (C=O) groups is 1. The van der Waals surface area contributed by atoms with Crippen LogP contribution >= 0.6 is 0 Å². The van der Waals surface area contributed by atoms with E-state index in [-0.39, 0.29) is 5.92 Å². The lowest BCUT2D eigenvalue weighted by Gasteiger charge is -2.26. The lowest BCUT2D eigenvalue weighted by molar-refractivity contribution is -0.144. The third-order valence-corrected chi connectivity index (χ3v) is 3.46. The lowest BCUT2D eigenvalue weighted by atomic mass is 9.81. The number of carboxylic acid groups (broad SMARTS) is 1. The van der Waals surface area contributed by atoms with Gasteiger partial charge in [-0.2, -0.15) is 0 Å². The highest BCUT2D eigenvalue weighted by atomic mass is 16.4. The van der Waals surface area contributed by atoms with Crippen LogP contribution in [0.3, 0.4) is 0 Å². The molecule has 0 heterocycles. The van der Waals surface area contributed by atoms with E-state index in [1.807, 2.05) is 34.6 Å². The minimum absolute atomic E-state index is 0.0117. The van der Waals surface area contributed by atoms with Crippen LogP contribution in [0.4, 0.5) is 0 Å². The van der Waals surface area contributed by atoms with E-state index in [1.165, 1.54) is 5.56 Å². The van der Waals surface area contributed by atoms with Gasteiger partial charge in [-0.05, 0) is 43.4 Å². The molecule has 0 fully saturated rings. The number of nitrogens with two attached hydrogens (primary N) is 1. The molecule has 3 heteroatoms. The molecule has 0 aliphatic heterocycles. The number of aliphatic carboxylic acids is 1. The van der Waals surface area contributed by atoms with Gasteiger partial charge < -0.3 is 10.8 Å². The van der Waals surface area contributed by atoms with Gasteiger partial charge in [0.2, 0.25) is 0 Å². The molecule has 0 bridgehead atoms. The summed E-state index contributed by atoms with van der Waals surface area (Å²) in [6, 6.07) is 3.66. The van der Waals surface area contributed by atoms with Crippen LogP contribution in [0.15, 0.2) is 12.1 Å². The van der Waals surface area contributed by atoms with Crippen LogP contribution in [-0.2, 0) is 4.79 Å². The molecule has 1 rings (SSSR count). The summed E-state index contributed by atoms with van der Waals surface area (Å²) >= 11 is 0. The Bertz CT molecular complexity index is 429. The minimum Gasteiger partial charge on any atom is -0.481 e. The van der Waals surface area contributed by atoms with Gasteiger partial charge in [0.05, 0.1) is 5.92 Å². The van der Waals surface area contributed by atoms with Crippen LogP contribution < -0.4 is 5.73 Å². The monoisotopic (exact) mass is 249 g/mol. The smallest absolute Gasteiger partial charge is 0.308 e. The van der Waals surface area contributed by atoms with E-state index in [1.54, 1.807) is 0 Å². The predicted molar refractivity (Wildman–Crippen MR) is 73.5 cm³/mol. The standard InChI is InChI=1S/C15H23NO2/c1-8(2)12(15(17)18)14(16)13-10(4)6-9(3)7-11(13)5/h6-8,12,14H,16H2,1-5H3,(H,17,18). The van der Waals surface area contributed by atoms with E-state index in [0.717, 1.165) is 16.7 Å². The first-order valence-corrected chi connectivity index (χ1v) is 6.31. The van der Waals surface area contributed by atoms with Gasteiger partial charge in [0, 0.05) is 6.04 Å². The van der Waals surface area contributed by atoms with Crippen LogP contribution in [0, 0.1) is 32.6 Å².